The predicted octanol–water partition coefficient (Wildman–Crippen LogP) is 1.97. The van der Waals surface area contributed by atoms with E-state index in [9.17, 15) is 0 Å². The maximum Gasteiger partial charge on any atom is 0.273 e. The van der Waals surface area contributed by atoms with Crippen LogP contribution in [0.3, 0.4) is 0 Å². The zero-order chi connectivity index (χ0) is 12.1. The third kappa shape index (κ3) is 2.80. The molecule has 2 rings (SSSR count). The molecule has 18 heavy (non-hydrogen) atoms. The van der Waals surface area contributed by atoms with Gasteiger partial charge >= 0.3 is 0 Å². The monoisotopic (exact) mass is 265 g/mol. The summed E-state index contributed by atoms with van der Waals surface area (Å²) in [5.41, 5.74) is 6.41. The van der Waals surface area contributed by atoms with Crippen LogP contribution in [-0.4, -0.2) is 18.3 Å². The van der Waals surface area contributed by atoms with E-state index >= 15 is 0 Å². The van der Waals surface area contributed by atoms with Crippen molar-refractivity contribution in [2.45, 2.75) is 0 Å². The summed E-state index contributed by atoms with van der Waals surface area (Å²) >= 11 is 0. The van der Waals surface area contributed by atoms with Crippen molar-refractivity contribution in [1.82, 2.24) is 5.16 Å². The molecule has 0 saturated heterocycles. The molecular formula is C12H12ClN3O2. The second-order valence-corrected chi connectivity index (χ2v) is 3.31. The highest BCUT2D eigenvalue weighted by Crippen LogP contribution is 2.29. The molecule has 1 aromatic carbocycles. The lowest BCUT2D eigenvalue weighted by Gasteiger charge is -1.98. The first-order valence-electron chi connectivity index (χ1n) is 5.15. The number of halogens is 1. The van der Waals surface area contributed by atoms with Gasteiger partial charge in [-0.05, 0) is 5.16 Å². The second-order valence-electron chi connectivity index (χ2n) is 3.31. The molecule has 1 heterocycles. The van der Waals surface area contributed by atoms with Crippen LogP contribution in [0.4, 0.5) is 0 Å². The summed E-state index contributed by atoms with van der Waals surface area (Å²) in [7, 11) is 0. The van der Waals surface area contributed by atoms with Gasteiger partial charge in [-0.25, -0.2) is 0 Å². The molecule has 0 aliphatic heterocycles. The van der Waals surface area contributed by atoms with E-state index in [2.05, 4.69) is 5.16 Å². The number of nitrogens with zero attached hydrogens (tertiary/aromatic N) is 2. The summed E-state index contributed by atoms with van der Waals surface area (Å²) in [5, 5.41) is 12.8. The first kappa shape index (κ1) is 14.0. The highest BCUT2D eigenvalue weighted by molar-refractivity contribution is 5.85. The molecule has 0 aliphatic carbocycles. The molecule has 94 valence electrons. The maximum absolute atomic E-state index is 9.09. The number of benzene rings is 1. The van der Waals surface area contributed by atoms with Crippen LogP contribution in [0.25, 0.3) is 11.3 Å². The smallest absolute Gasteiger partial charge is 0.273 e. The molecule has 0 spiro atoms. The molecule has 0 radical (unpaired) electrons. The topological polar surface area (TPSA) is 85.1 Å². The Balaban J connectivity index is 0.00000162. The molecule has 1 aromatic heterocycles. The summed E-state index contributed by atoms with van der Waals surface area (Å²) in [6.07, 6.45) is 0. The van der Waals surface area contributed by atoms with Crippen LogP contribution in [0.15, 0.2) is 34.9 Å². The van der Waals surface area contributed by atoms with Crippen molar-refractivity contribution in [2.75, 3.05) is 13.2 Å². The number of aromatic nitrogens is 1. The van der Waals surface area contributed by atoms with Crippen molar-refractivity contribution in [3.8, 4) is 23.3 Å². The number of rotatable bonds is 4. The summed E-state index contributed by atoms with van der Waals surface area (Å²) in [4.78, 5) is 0. The second kappa shape index (κ2) is 6.64. The number of nitrogens with two attached hydrogens (primary N) is 1. The molecule has 6 heteroatoms. The third-order valence-electron chi connectivity index (χ3n) is 2.17. The Kier molecular flexibility index (Phi) is 5.18. The molecule has 0 saturated carbocycles. The van der Waals surface area contributed by atoms with Crippen molar-refractivity contribution in [3.63, 3.8) is 0 Å². The summed E-state index contributed by atoms with van der Waals surface area (Å²) < 4.78 is 10.4. The van der Waals surface area contributed by atoms with Crippen LogP contribution in [-0.2, 0) is 0 Å². The SMILES string of the molecule is Cl.N#Cc1c(OCCN)noc1-c1ccccc1. The van der Waals surface area contributed by atoms with Crippen molar-refractivity contribution >= 4 is 12.4 Å². The summed E-state index contributed by atoms with van der Waals surface area (Å²) in [5.74, 6) is 0.608. The van der Waals surface area contributed by atoms with Crippen molar-refractivity contribution in [1.29, 1.82) is 5.26 Å². The lowest BCUT2D eigenvalue weighted by molar-refractivity contribution is 0.288. The van der Waals surface area contributed by atoms with Gasteiger partial charge in [0.15, 0.2) is 11.3 Å². The third-order valence-corrected chi connectivity index (χ3v) is 2.17. The molecular weight excluding hydrogens is 254 g/mol. The number of hydrogen-bond acceptors (Lipinski definition) is 5. The van der Waals surface area contributed by atoms with Crippen LogP contribution in [0.2, 0.25) is 0 Å². The Morgan fingerprint density at radius 2 is 2.06 bits per heavy atom. The average Bonchev–Trinajstić information content (AvgIpc) is 2.80. The van der Waals surface area contributed by atoms with Crippen molar-refractivity contribution in [3.05, 3.63) is 35.9 Å². The van der Waals surface area contributed by atoms with E-state index < -0.39 is 0 Å². The van der Waals surface area contributed by atoms with Gasteiger partial charge in [-0.1, -0.05) is 30.3 Å². The minimum absolute atomic E-state index is 0. The van der Waals surface area contributed by atoms with Gasteiger partial charge in [0.25, 0.3) is 5.88 Å². The van der Waals surface area contributed by atoms with Gasteiger partial charge in [0.1, 0.15) is 12.7 Å². The number of hydrogen-bond donors (Lipinski definition) is 1. The van der Waals surface area contributed by atoms with E-state index in [1.54, 1.807) is 0 Å². The van der Waals surface area contributed by atoms with E-state index in [4.69, 9.17) is 20.3 Å². The van der Waals surface area contributed by atoms with Crippen LogP contribution < -0.4 is 10.5 Å². The Bertz CT molecular complexity index is 534. The number of ether oxygens (including phenoxy) is 1. The molecule has 0 bridgehead atoms. The van der Waals surface area contributed by atoms with Gasteiger partial charge in [-0.3, -0.25) is 0 Å². The first-order chi connectivity index (χ1) is 8.36. The summed E-state index contributed by atoms with van der Waals surface area (Å²) in [6.45, 7) is 0.661. The Morgan fingerprint density at radius 3 is 2.67 bits per heavy atom. The van der Waals surface area contributed by atoms with Gasteiger partial charge < -0.3 is 15.0 Å². The molecule has 0 aliphatic rings. The van der Waals surface area contributed by atoms with Crippen LogP contribution in [0, 0.1) is 11.3 Å². The van der Waals surface area contributed by atoms with Crippen molar-refractivity contribution < 1.29 is 9.26 Å². The van der Waals surface area contributed by atoms with E-state index in [1.807, 2.05) is 36.4 Å². The quantitative estimate of drug-likeness (QED) is 0.913. The zero-order valence-electron chi connectivity index (χ0n) is 9.50. The molecule has 2 N–H and O–H groups in total. The lowest BCUT2D eigenvalue weighted by Crippen LogP contribution is -2.11. The number of nitriles is 1. The van der Waals surface area contributed by atoms with Gasteiger partial charge in [0, 0.05) is 12.1 Å². The van der Waals surface area contributed by atoms with E-state index in [-0.39, 0.29) is 18.3 Å². The fourth-order valence-corrected chi connectivity index (χ4v) is 1.41. The fraction of sp³-hybridized carbons (Fsp3) is 0.167. The minimum atomic E-state index is 0. The minimum Gasteiger partial charge on any atom is -0.473 e. The summed E-state index contributed by atoms with van der Waals surface area (Å²) in [6, 6.07) is 11.3. The molecule has 0 unspecified atom stereocenters. The average molecular weight is 266 g/mol. The van der Waals surface area contributed by atoms with Crippen LogP contribution in [0.1, 0.15) is 5.56 Å². The highest BCUT2D eigenvalue weighted by atomic mass is 35.5. The largest absolute Gasteiger partial charge is 0.473 e. The molecule has 0 atom stereocenters. The highest BCUT2D eigenvalue weighted by Gasteiger charge is 2.18. The van der Waals surface area contributed by atoms with Crippen molar-refractivity contribution in [2.24, 2.45) is 5.73 Å². The predicted molar refractivity (Wildman–Crippen MR) is 68.5 cm³/mol. The zero-order valence-corrected chi connectivity index (χ0v) is 10.3. The standard InChI is InChI=1S/C12H11N3O2.ClH/c13-6-7-16-12-10(8-14)11(17-15-12)9-4-2-1-3-5-9;/h1-5H,6-7,13H2;1H. The Morgan fingerprint density at radius 1 is 1.33 bits per heavy atom. The van der Waals surface area contributed by atoms with Gasteiger partial charge in [-0.2, -0.15) is 5.26 Å². The van der Waals surface area contributed by atoms with Gasteiger partial charge in [-0.15, -0.1) is 12.4 Å². The van der Waals surface area contributed by atoms with Crippen LogP contribution in [0.5, 0.6) is 5.88 Å². The molecule has 0 amide bonds. The maximum atomic E-state index is 9.09. The molecule has 5 nitrogen and oxygen atoms in total. The van der Waals surface area contributed by atoms with Crippen LogP contribution >= 0.6 is 12.4 Å². The molecule has 2 aromatic rings. The lowest BCUT2D eigenvalue weighted by atomic mass is 10.1. The first-order valence-corrected chi connectivity index (χ1v) is 5.15. The van der Waals surface area contributed by atoms with Gasteiger partial charge in [0.2, 0.25) is 0 Å². The van der Waals surface area contributed by atoms with E-state index in [0.717, 1.165) is 5.56 Å². The van der Waals surface area contributed by atoms with Gasteiger partial charge in [0.05, 0.1) is 0 Å². The van der Waals surface area contributed by atoms with E-state index in [1.165, 1.54) is 0 Å². The normalized spacial score (nSPS) is 9.33. The Labute approximate surface area is 111 Å². The fourth-order valence-electron chi connectivity index (χ4n) is 1.41. The van der Waals surface area contributed by atoms with E-state index in [0.29, 0.717) is 24.5 Å². The Hall–Kier alpha value is -2.03. The molecule has 0 fully saturated rings.